The van der Waals surface area contributed by atoms with Crippen LogP contribution in [0.4, 0.5) is 10.1 Å². The minimum Gasteiger partial charge on any atom is -0.398 e. The van der Waals surface area contributed by atoms with Crippen LogP contribution in [0.3, 0.4) is 0 Å². The van der Waals surface area contributed by atoms with Gasteiger partial charge in [-0.1, -0.05) is 25.4 Å². The summed E-state index contributed by atoms with van der Waals surface area (Å²) in [5.74, 6) is -0.140. The summed E-state index contributed by atoms with van der Waals surface area (Å²) in [7, 11) is 0. The van der Waals surface area contributed by atoms with Crippen molar-refractivity contribution in [1.82, 2.24) is 4.98 Å². The monoisotopic (exact) mass is 252 g/mol. The Balaban J connectivity index is 2.92. The Kier molecular flexibility index (Phi) is 2.96. The van der Waals surface area contributed by atoms with Crippen molar-refractivity contribution in [3.05, 3.63) is 34.2 Å². The molecule has 0 bridgehead atoms. The number of anilines is 1. The summed E-state index contributed by atoms with van der Waals surface area (Å²) in [6, 6.07) is 2.62. The van der Waals surface area contributed by atoms with Crippen LogP contribution in [0.1, 0.15) is 31.0 Å². The Morgan fingerprint density at radius 3 is 2.59 bits per heavy atom. The number of nitrogen functional groups attached to an aromatic ring is 1. The molecular formula is C13H14ClFN2. The molecule has 1 aromatic heterocycles. The van der Waals surface area contributed by atoms with Gasteiger partial charge in [0.05, 0.1) is 10.5 Å². The molecule has 0 saturated carbocycles. The van der Waals surface area contributed by atoms with Gasteiger partial charge in [-0.2, -0.15) is 0 Å². The quantitative estimate of drug-likeness (QED) is 0.832. The Hall–Kier alpha value is -1.35. The van der Waals surface area contributed by atoms with Crippen molar-refractivity contribution in [3.8, 4) is 0 Å². The number of aromatic nitrogens is 1. The fourth-order valence-electron chi connectivity index (χ4n) is 2.21. The first-order chi connectivity index (χ1) is 7.91. The molecule has 0 saturated heterocycles. The van der Waals surface area contributed by atoms with E-state index in [1.807, 2.05) is 20.8 Å². The first-order valence-electron chi connectivity index (χ1n) is 5.46. The first-order valence-corrected chi connectivity index (χ1v) is 5.84. The molecule has 1 heterocycles. The standard InChI is InChI=1S/C13H14ClFN2/c1-6(2)11-7(3)17-10-5-8(15)4-9(14)12(10)13(11)16/h4-6H,1-3H3,(H2,16,17). The minimum absolute atomic E-state index is 0.257. The fraction of sp³-hybridized carbons (Fsp3) is 0.308. The summed E-state index contributed by atoms with van der Waals surface area (Å²) >= 11 is 6.04. The lowest BCUT2D eigenvalue weighted by Crippen LogP contribution is -2.03. The lowest BCUT2D eigenvalue weighted by Gasteiger charge is -2.15. The molecule has 0 amide bonds. The molecule has 17 heavy (non-hydrogen) atoms. The molecule has 0 atom stereocenters. The Morgan fingerprint density at radius 1 is 1.35 bits per heavy atom. The van der Waals surface area contributed by atoms with Crippen LogP contribution in [0.25, 0.3) is 10.9 Å². The Bertz CT molecular complexity index is 594. The minimum atomic E-state index is -0.397. The summed E-state index contributed by atoms with van der Waals surface area (Å²) in [4.78, 5) is 4.37. The molecule has 2 rings (SSSR count). The van der Waals surface area contributed by atoms with Crippen molar-refractivity contribution in [2.24, 2.45) is 0 Å². The molecule has 1 aromatic carbocycles. The summed E-state index contributed by atoms with van der Waals surface area (Å²) in [6.07, 6.45) is 0. The summed E-state index contributed by atoms with van der Waals surface area (Å²) in [5, 5.41) is 0.953. The number of hydrogen-bond acceptors (Lipinski definition) is 2. The number of aryl methyl sites for hydroxylation is 1. The average molecular weight is 253 g/mol. The van der Waals surface area contributed by atoms with Gasteiger partial charge in [0.2, 0.25) is 0 Å². The van der Waals surface area contributed by atoms with Crippen LogP contribution in [-0.4, -0.2) is 4.98 Å². The smallest absolute Gasteiger partial charge is 0.126 e. The third-order valence-corrected chi connectivity index (χ3v) is 3.15. The zero-order valence-corrected chi connectivity index (χ0v) is 10.8. The van der Waals surface area contributed by atoms with E-state index in [2.05, 4.69) is 4.98 Å². The van der Waals surface area contributed by atoms with E-state index in [0.29, 0.717) is 21.6 Å². The first kappa shape index (κ1) is 12.1. The highest BCUT2D eigenvalue weighted by Crippen LogP contribution is 2.35. The molecule has 0 radical (unpaired) electrons. The number of nitrogens with zero attached hydrogens (tertiary/aromatic N) is 1. The third kappa shape index (κ3) is 1.95. The molecule has 4 heteroatoms. The van der Waals surface area contributed by atoms with Crippen molar-refractivity contribution < 1.29 is 4.39 Å². The van der Waals surface area contributed by atoms with Crippen LogP contribution in [-0.2, 0) is 0 Å². The van der Waals surface area contributed by atoms with Gasteiger partial charge in [0.15, 0.2) is 0 Å². The van der Waals surface area contributed by atoms with E-state index in [4.69, 9.17) is 17.3 Å². The van der Waals surface area contributed by atoms with E-state index in [1.165, 1.54) is 12.1 Å². The summed E-state index contributed by atoms with van der Waals surface area (Å²) < 4.78 is 13.3. The molecular weight excluding hydrogens is 239 g/mol. The van der Waals surface area contributed by atoms with Gasteiger partial charge in [-0.3, -0.25) is 4.98 Å². The largest absolute Gasteiger partial charge is 0.398 e. The lowest BCUT2D eigenvalue weighted by atomic mass is 9.97. The van der Waals surface area contributed by atoms with E-state index >= 15 is 0 Å². The SMILES string of the molecule is Cc1nc2cc(F)cc(Cl)c2c(N)c1C(C)C. The zero-order chi connectivity index (χ0) is 12.7. The van der Waals surface area contributed by atoms with E-state index in [1.54, 1.807) is 0 Å². The van der Waals surface area contributed by atoms with Gasteiger partial charge in [-0.15, -0.1) is 0 Å². The third-order valence-electron chi connectivity index (χ3n) is 2.85. The number of pyridine rings is 1. The zero-order valence-electron chi connectivity index (χ0n) is 10.0. The number of nitrogens with two attached hydrogens (primary N) is 1. The molecule has 0 aliphatic heterocycles. The second-order valence-electron chi connectivity index (χ2n) is 4.46. The van der Waals surface area contributed by atoms with E-state index in [-0.39, 0.29) is 5.92 Å². The van der Waals surface area contributed by atoms with Crippen molar-refractivity contribution in [2.75, 3.05) is 5.73 Å². The normalized spacial score (nSPS) is 11.4. The van der Waals surface area contributed by atoms with Gasteiger partial charge in [-0.05, 0) is 24.5 Å². The van der Waals surface area contributed by atoms with Gasteiger partial charge in [0.25, 0.3) is 0 Å². The highest BCUT2D eigenvalue weighted by molar-refractivity contribution is 6.36. The molecule has 90 valence electrons. The van der Waals surface area contributed by atoms with Gasteiger partial charge >= 0.3 is 0 Å². The summed E-state index contributed by atoms with van der Waals surface area (Å²) in [6.45, 7) is 5.97. The number of halogens is 2. The topological polar surface area (TPSA) is 38.9 Å². The van der Waals surface area contributed by atoms with Crippen LogP contribution in [0.15, 0.2) is 12.1 Å². The second-order valence-corrected chi connectivity index (χ2v) is 4.87. The Morgan fingerprint density at radius 2 is 2.00 bits per heavy atom. The fourth-order valence-corrected chi connectivity index (χ4v) is 2.52. The molecule has 0 unspecified atom stereocenters. The van der Waals surface area contributed by atoms with Gasteiger partial charge in [-0.25, -0.2) is 4.39 Å². The van der Waals surface area contributed by atoms with Crippen LogP contribution in [0.5, 0.6) is 0 Å². The molecule has 0 aliphatic rings. The van der Waals surface area contributed by atoms with E-state index in [0.717, 1.165) is 11.3 Å². The number of hydrogen-bond donors (Lipinski definition) is 1. The predicted molar refractivity (Wildman–Crippen MR) is 69.9 cm³/mol. The number of rotatable bonds is 1. The number of fused-ring (bicyclic) bond motifs is 1. The van der Waals surface area contributed by atoms with Crippen LogP contribution in [0, 0.1) is 12.7 Å². The summed E-state index contributed by atoms with van der Waals surface area (Å²) in [5.41, 5.74) is 9.04. The highest BCUT2D eigenvalue weighted by atomic mass is 35.5. The van der Waals surface area contributed by atoms with Crippen molar-refractivity contribution in [1.29, 1.82) is 0 Å². The van der Waals surface area contributed by atoms with Crippen molar-refractivity contribution in [3.63, 3.8) is 0 Å². The molecule has 2 aromatic rings. The molecule has 0 aliphatic carbocycles. The van der Waals surface area contributed by atoms with Gasteiger partial charge < -0.3 is 5.73 Å². The van der Waals surface area contributed by atoms with Crippen LogP contribution < -0.4 is 5.73 Å². The molecule has 0 spiro atoms. The van der Waals surface area contributed by atoms with E-state index < -0.39 is 5.82 Å². The molecule has 2 N–H and O–H groups in total. The van der Waals surface area contributed by atoms with E-state index in [9.17, 15) is 4.39 Å². The molecule has 2 nitrogen and oxygen atoms in total. The van der Waals surface area contributed by atoms with Crippen LogP contribution >= 0.6 is 11.6 Å². The molecule has 0 fully saturated rings. The maximum Gasteiger partial charge on any atom is 0.126 e. The highest BCUT2D eigenvalue weighted by Gasteiger charge is 2.15. The average Bonchev–Trinajstić information content (AvgIpc) is 2.13. The Labute approximate surface area is 105 Å². The maximum atomic E-state index is 13.3. The van der Waals surface area contributed by atoms with Crippen molar-refractivity contribution in [2.45, 2.75) is 26.7 Å². The van der Waals surface area contributed by atoms with Gasteiger partial charge in [0, 0.05) is 22.8 Å². The second kappa shape index (κ2) is 4.15. The lowest BCUT2D eigenvalue weighted by molar-refractivity contribution is 0.629. The van der Waals surface area contributed by atoms with Gasteiger partial charge in [0.1, 0.15) is 5.82 Å². The number of benzene rings is 1. The predicted octanol–water partition coefficient (Wildman–Crippen LogP) is 4.04. The van der Waals surface area contributed by atoms with Crippen LogP contribution in [0.2, 0.25) is 5.02 Å². The maximum absolute atomic E-state index is 13.3. The van der Waals surface area contributed by atoms with Crippen molar-refractivity contribution >= 4 is 28.2 Å².